The van der Waals surface area contributed by atoms with Crippen LogP contribution in [0.5, 0.6) is 0 Å². The summed E-state index contributed by atoms with van der Waals surface area (Å²) in [5.41, 5.74) is 7.21. The molecule has 18 heavy (non-hydrogen) atoms. The maximum Gasteiger partial charge on any atom is 0.238 e. The van der Waals surface area contributed by atoms with Gasteiger partial charge >= 0.3 is 0 Å². The van der Waals surface area contributed by atoms with Crippen LogP contribution in [0.3, 0.4) is 0 Å². The lowest BCUT2D eigenvalue weighted by molar-refractivity contribution is 0.597. The van der Waals surface area contributed by atoms with E-state index in [2.05, 4.69) is 11.8 Å². The fourth-order valence-electron chi connectivity index (χ4n) is 2.15. The second-order valence-electron chi connectivity index (χ2n) is 4.95. The van der Waals surface area contributed by atoms with Crippen LogP contribution < -0.4 is 15.8 Å². The molecule has 1 aliphatic carbocycles. The molecule has 0 bridgehead atoms. The highest BCUT2D eigenvalue weighted by atomic mass is 32.2. The minimum absolute atomic E-state index is 0.0521. The summed E-state index contributed by atoms with van der Waals surface area (Å²) in [6.07, 6.45) is 2.50. The normalized spacial score (nSPS) is 17.5. The third-order valence-corrected chi connectivity index (χ3v) is 4.53. The molecule has 1 aliphatic rings. The molecule has 5 nitrogen and oxygen atoms in total. The number of primary sulfonamides is 1. The highest BCUT2D eigenvalue weighted by Gasteiger charge is 2.31. The molecule has 0 radical (unpaired) electrons. The van der Waals surface area contributed by atoms with Crippen LogP contribution in [0.25, 0.3) is 0 Å². The van der Waals surface area contributed by atoms with Gasteiger partial charge in [-0.15, -0.1) is 0 Å². The van der Waals surface area contributed by atoms with E-state index >= 15 is 0 Å². The fourth-order valence-corrected chi connectivity index (χ4v) is 2.69. The summed E-state index contributed by atoms with van der Waals surface area (Å²) >= 11 is 0. The number of anilines is 2. The molecule has 0 heterocycles. The van der Waals surface area contributed by atoms with Gasteiger partial charge in [0.25, 0.3) is 0 Å². The van der Waals surface area contributed by atoms with Gasteiger partial charge in [0.2, 0.25) is 10.0 Å². The highest BCUT2D eigenvalue weighted by molar-refractivity contribution is 7.89. The zero-order valence-electron chi connectivity index (χ0n) is 10.6. The molecule has 1 aromatic carbocycles. The number of rotatable bonds is 4. The Morgan fingerprint density at radius 3 is 2.44 bits per heavy atom. The molecule has 0 aromatic heterocycles. The molecular formula is C12H19N3O2S. The number of nitrogen functional groups attached to an aromatic ring is 1. The van der Waals surface area contributed by atoms with Crippen LogP contribution in [0.2, 0.25) is 0 Å². The second-order valence-corrected chi connectivity index (χ2v) is 6.52. The van der Waals surface area contributed by atoms with E-state index < -0.39 is 10.0 Å². The smallest absolute Gasteiger partial charge is 0.238 e. The van der Waals surface area contributed by atoms with Crippen molar-refractivity contribution in [1.82, 2.24) is 0 Å². The van der Waals surface area contributed by atoms with Crippen molar-refractivity contribution in [1.29, 1.82) is 0 Å². The summed E-state index contributed by atoms with van der Waals surface area (Å²) in [7, 11) is -1.71. The molecule has 0 amide bonds. The third kappa shape index (κ3) is 2.59. The number of sulfonamides is 1. The fraction of sp³-hybridized carbons (Fsp3) is 0.500. The molecular weight excluding hydrogens is 250 g/mol. The summed E-state index contributed by atoms with van der Waals surface area (Å²) in [6.45, 7) is 2.16. The van der Waals surface area contributed by atoms with Gasteiger partial charge in [0.05, 0.1) is 16.3 Å². The molecule has 1 atom stereocenters. The lowest BCUT2D eigenvalue weighted by atomic mass is 10.1. The van der Waals surface area contributed by atoms with Gasteiger partial charge in [-0.25, -0.2) is 13.6 Å². The number of hydrogen-bond acceptors (Lipinski definition) is 4. The molecule has 1 fully saturated rings. The molecule has 0 saturated heterocycles. The zero-order valence-corrected chi connectivity index (χ0v) is 11.4. The van der Waals surface area contributed by atoms with Gasteiger partial charge in [0.15, 0.2) is 0 Å². The highest BCUT2D eigenvalue weighted by Crippen LogP contribution is 2.37. The second kappa shape index (κ2) is 4.44. The first-order valence-corrected chi connectivity index (χ1v) is 7.50. The van der Waals surface area contributed by atoms with E-state index in [4.69, 9.17) is 10.9 Å². The molecule has 1 unspecified atom stereocenters. The lowest BCUT2D eigenvalue weighted by Crippen LogP contribution is -2.31. The number of nitrogens with two attached hydrogens (primary N) is 2. The van der Waals surface area contributed by atoms with Gasteiger partial charge in [0.1, 0.15) is 0 Å². The quantitative estimate of drug-likeness (QED) is 0.802. The van der Waals surface area contributed by atoms with Crippen LogP contribution >= 0.6 is 0 Å². The van der Waals surface area contributed by atoms with E-state index in [0.717, 1.165) is 5.69 Å². The van der Waals surface area contributed by atoms with Gasteiger partial charge in [0, 0.05) is 13.1 Å². The van der Waals surface area contributed by atoms with Crippen molar-refractivity contribution in [2.24, 2.45) is 11.1 Å². The number of hydrogen-bond donors (Lipinski definition) is 2. The summed E-state index contributed by atoms with van der Waals surface area (Å²) < 4.78 is 22.5. The molecule has 6 heteroatoms. The maximum absolute atomic E-state index is 11.2. The van der Waals surface area contributed by atoms with E-state index in [-0.39, 0.29) is 4.90 Å². The van der Waals surface area contributed by atoms with Crippen molar-refractivity contribution >= 4 is 21.4 Å². The van der Waals surface area contributed by atoms with Gasteiger partial charge in [-0.3, -0.25) is 0 Å². The minimum atomic E-state index is -3.69. The summed E-state index contributed by atoms with van der Waals surface area (Å²) in [5.74, 6) is 0.715. The van der Waals surface area contributed by atoms with E-state index in [1.54, 1.807) is 6.07 Å². The Balaban J connectivity index is 2.29. The van der Waals surface area contributed by atoms with Crippen molar-refractivity contribution in [3.63, 3.8) is 0 Å². The van der Waals surface area contributed by atoms with Crippen LogP contribution in [0.1, 0.15) is 19.8 Å². The van der Waals surface area contributed by atoms with Gasteiger partial charge < -0.3 is 10.6 Å². The summed E-state index contributed by atoms with van der Waals surface area (Å²) in [4.78, 5) is 2.15. The Labute approximate surface area is 108 Å². The molecule has 0 spiro atoms. The first-order valence-electron chi connectivity index (χ1n) is 5.96. The molecule has 0 aliphatic heterocycles. The molecule has 1 saturated carbocycles. The predicted molar refractivity (Wildman–Crippen MR) is 72.8 cm³/mol. The lowest BCUT2D eigenvalue weighted by Gasteiger charge is -2.28. The van der Waals surface area contributed by atoms with Crippen molar-refractivity contribution in [2.45, 2.75) is 30.7 Å². The number of nitrogens with zero attached hydrogens (tertiary/aromatic N) is 1. The van der Waals surface area contributed by atoms with Crippen LogP contribution in [0.4, 0.5) is 11.4 Å². The topological polar surface area (TPSA) is 89.4 Å². The van der Waals surface area contributed by atoms with Crippen molar-refractivity contribution in [2.75, 3.05) is 17.7 Å². The van der Waals surface area contributed by atoms with E-state index in [9.17, 15) is 8.42 Å². The van der Waals surface area contributed by atoms with Crippen molar-refractivity contribution in [3.05, 3.63) is 18.2 Å². The van der Waals surface area contributed by atoms with Crippen LogP contribution in [0.15, 0.2) is 23.1 Å². The third-order valence-electron chi connectivity index (χ3n) is 3.62. The monoisotopic (exact) mass is 269 g/mol. The average Bonchev–Trinajstić information content (AvgIpc) is 3.09. The Bertz CT molecular complexity index is 552. The van der Waals surface area contributed by atoms with E-state index in [0.29, 0.717) is 17.6 Å². The molecule has 1 aromatic rings. The Morgan fingerprint density at radius 1 is 1.39 bits per heavy atom. The first kappa shape index (κ1) is 13.2. The average molecular weight is 269 g/mol. The molecule has 4 N–H and O–H groups in total. The summed E-state index contributed by atoms with van der Waals surface area (Å²) in [6, 6.07) is 5.04. The number of benzene rings is 1. The van der Waals surface area contributed by atoms with Crippen LogP contribution in [-0.2, 0) is 10.0 Å². The van der Waals surface area contributed by atoms with Crippen molar-refractivity contribution in [3.8, 4) is 0 Å². The zero-order chi connectivity index (χ0) is 13.5. The van der Waals surface area contributed by atoms with Crippen LogP contribution in [-0.4, -0.2) is 21.5 Å². The SMILES string of the molecule is CC(C1CC1)N(C)c1ccc(S(N)(=O)=O)cc1N. The van der Waals surface area contributed by atoms with Crippen molar-refractivity contribution < 1.29 is 8.42 Å². The van der Waals surface area contributed by atoms with E-state index in [1.807, 2.05) is 7.05 Å². The Hall–Kier alpha value is -1.27. The standard InChI is InChI=1S/C12H19N3O2S/c1-8(9-3-4-9)15(2)12-6-5-10(7-11(12)13)18(14,16)17/h5-9H,3-4,13H2,1-2H3,(H2,14,16,17). The van der Waals surface area contributed by atoms with E-state index in [1.165, 1.54) is 25.0 Å². The van der Waals surface area contributed by atoms with Gasteiger partial charge in [-0.05, 0) is 43.9 Å². The predicted octanol–water partition coefficient (Wildman–Crippen LogP) is 1.15. The largest absolute Gasteiger partial charge is 0.397 e. The minimum Gasteiger partial charge on any atom is -0.397 e. The van der Waals surface area contributed by atoms with Gasteiger partial charge in [-0.1, -0.05) is 0 Å². The molecule has 100 valence electrons. The van der Waals surface area contributed by atoms with Crippen LogP contribution in [0, 0.1) is 5.92 Å². The maximum atomic E-state index is 11.2. The molecule has 2 rings (SSSR count). The van der Waals surface area contributed by atoms with Gasteiger partial charge in [-0.2, -0.15) is 0 Å². The summed E-state index contributed by atoms with van der Waals surface area (Å²) in [5, 5.41) is 5.07. The first-order chi connectivity index (χ1) is 8.30. The Kier molecular flexibility index (Phi) is 3.25. The Morgan fingerprint density at radius 2 is 2.00 bits per heavy atom.